The lowest BCUT2D eigenvalue weighted by atomic mass is 9.95. The van der Waals surface area contributed by atoms with Crippen molar-refractivity contribution >= 4 is 47.3 Å². The molecule has 2 heterocycles. The first kappa shape index (κ1) is 24.1. The molecule has 1 saturated heterocycles. The summed E-state index contributed by atoms with van der Waals surface area (Å²) in [6.07, 6.45) is 2.84. The molecule has 2 N–H and O–H groups in total. The number of hydrogen-bond donors (Lipinski definition) is 2. The van der Waals surface area contributed by atoms with Crippen molar-refractivity contribution < 1.29 is 14.0 Å². The van der Waals surface area contributed by atoms with Gasteiger partial charge < -0.3 is 15.5 Å². The molecule has 0 aliphatic carbocycles. The highest BCUT2D eigenvalue weighted by Crippen LogP contribution is 2.24. The zero-order chi connectivity index (χ0) is 21.0. The number of rotatable bonds is 5. The number of amides is 2. The third-order valence-electron chi connectivity index (χ3n) is 5.10. The first-order valence-corrected chi connectivity index (χ1v) is 9.99. The second-order valence-corrected chi connectivity index (χ2v) is 7.81. The maximum Gasteiger partial charge on any atom is 0.261 e. The molecule has 1 aliphatic rings. The molecule has 0 saturated carbocycles. The van der Waals surface area contributed by atoms with E-state index in [9.17, 15) is 14.0 Å². The number of halogens is 3. The summed E-state index contributed by atoms with van der Waals surface area (Å²) < 4.78 is 14.4. The number of pyridine rings is 1. The Labute approximate surface area is 186 Å². The van der Waals surface area contributed by atoms with E-state index in [1.165, 1.54) is 30.5 Å². The highest BCUT2D eigenvalue weighted by molar-refractivity contribution is 6.30. The average Bonchev–Trinajstić information content (AvgIpc) is 2.69. The molecule has 6 nitrogen and oxygen atoms in total. The van der Waals surface area contributed by atoms with Crippen LogP contribution in [0.1, 0.15) is 37.0 Å². The highest BCUT2D eigenvalue weighted by Gasteiger charge is 2.27. The molecule has 0 atom stereocenters. The van der Waals surface area contributed by atoms with Crippen molar-refractivity contribution in [3.63, 3.8) is 0 Å². The summed E-state index contributed by atoms with van der Waals surface area (Å²) in [5.74, 6) is -1.53. The minimum Gasteiger partial charge on any atom is -0.325 e. The normalized spacial score (nSPS) is 14.8. The van der Waals surface area contributed by atoms with Gasteiger partial charge in [0.05, 0.1) is 16.3 Å². The lowest BCUT2D eigenvalue weighted by Gasteiger charge is -2.34. The molecule has 2 amide bonds. The smallest absolute Gasteiger partial charge is 0.261 e. The van der Waals surface area contributed by atoms with E-state index in [0.717, 1.165) is 25.9 Å². The van der Waals surface area contributed by atoms with Crippen LogP contribution in [-0.4, -0.2) is 40.8 Å². The number of anilines is 2. The van der Waals surface area contributed by atoms with Crippen LogP contribution in [0.3, 0.4) is 0 Å². The molecule has 0 spiro atoms. The zero-order valence-electron chi connectivity index (χ0n) is 16.8. The first-order valence-electron chi connectivity index (χ1n) is 9.61. The summed E-state index contributed by atoms with van der Waals surface area (Å²) >= 11 is 5.79. The van der Waals surface area contributed by atoms with Gasteiger partial charge in [-0.05, 0) is 64.0 Å². The largest absolute Gasteiger partial charge is 0.325 e. The number of nitrogens with zero attached hydrogens (tertiary/aromatic N) is 2. The standard InChI is InChI=1S/C21H24ClFN4O2.ClH/c1-13(2)27-10-8-14(9-11-27)20(28)25-17-5-3-4-16(23)19(17)21(29)26-18-7-6-15(22)12-24-18;/h3-7,12-14H,8-11H2,1-2H3,(H,25,28)(H,24,26,29);1H. The summed E-state index contributed by atoms with van der Waals surface area (Å²) in [7, 11) is 0. The van der Waals surface area contributed by atoms with Crippen LogP contribution in [-0.2, 0) is 4.79 Å². The van der Waals surface area contributed by atoms with Gasteiger partial charge in [-0.2, -0.15) is 0 Å². The fraction of sp³-hybridized carbons (Fsp3) is 0.381. The number of aromatic nitrogens is 1. The van der Waals surface area contributed by atoms with Crippen LogP contribution < -0.4 is 10.6 Å². The zero-order valence-corrected chi connectivity index (χ0v) is 18.4. The lowest BCUT2D eigenvalue weighted by molar-refractivity contribution is -0.121. The Bertz CT molecular complexity index is 885. The number of benzene rings is 1. The Kier molecular flexibility index (Phi) is 8.58. The van der Waals surface area contributed by atoms with Gasteiger partial charge in [0, 0.05) is 18.2 Å². The SMILES string of the molecule is CC(C)N1CCC(C(=O)Nc2cccc(F)c2C(=O)Nc2ccc(Cl)cn2)CC1.Cl. The van der Waals surface area contributed by atoms with Crippen LogP contribution in [0, 0.1) is 11.7 Å². The van der Waals surface area contributed by atoms with Crippen LogP contribution in [0.25, 0.3) is 0 Å². The van der Waals surface area contributed by atoms with Gasteiger partial charge in [-0.15, -0.1) is 12.4 Å². The topological polar surface area (TPSA) is 74.3 Å². The van der Waals surface area contributed by atoms with Gasteiger partial charge in [-0.3, -0.25) is 9.59 Å². The first-order chi connectivity index (χ1) is 13.8. The summed E-state index contributed by atoms with van der Waals surface area (Å²) in [6, 6.07) is 7.69. The minimum atomic E-state index is -0.719. The maximum absolute atomic E-state index is 14.4. The Hall–Kier alpha value is -2.22. The van der Waals surface area contributed by atoms with E-state index in [2.05, 4.69) is 34.4 Å². The number of carbonyl (C=O) groups excluding carboxylic acids is 2. The molecule has 3 rings (SSSR count). The summed E-state index contributed by atoms with van der Waals surface area (Å²) in [6.45, 7) is 5.95. The van der Waals surface area contributed by atoms with E-state index in [-0.39, 0.29) is 41.3 Å². The van der Waals surface area contributed by atoms with Crippen LogP contribution in [0.2, 0.25) is 5.02 Å². The molecule has 1 aromatic carbocycles. The molecular formula is C21H25Cl2FN4O2. The van der Waals surface area contributed by atoms with Gasteiger partial charge in [0.2, 0.25) is 5.91 Å². The molecule has 1 aromatic heterocycles. The third-order valence-corrected chi connectivity index (χ3v) is 5.32. The lowest BCUT2D eigenvalue weighted by Crippen LogP contribution is -2.41. The quantitative estimate of drug-likeness (QED) is 0.691. The van der Waals surface area contributed by atoms with E-state index in [1.54, 1.807) is 6.07 Å². The fourth-order valence-corrected chi connectivity index (χ4v) is 3.51. The molecule has 0 unspecified atom stereocenters. The molecule has 0 radical (unpaired) electrons. The van der Waals surface area contributed by atoms with Gasteiger partial charge in [0.15, 0.2) is 0 Å². The maximum atomic E-state index is 14.4. The number of nitrogens with one attached hydrogen (secondary N) is 2. The van der Waals surface area contributed by atoms with Crippen LogP contribution in [0.15, 0.2) is 36.5 Å². The highest BCUT2D eigenvalue weighted by atomic mass is 35.5. The number of hydrogen-bond acceptors (Lipinski definition) is 4. The number of piperidine rings is 1. The van der Waals surface area contributed by atoms with Gasteiger partial charge in [-0.25, -0.2) is 9.37 Å². The molecular weight excluding hydrogens is 430 g/mol. The molecule has 9 heteroatoms. The number of likely N-dealkylation sites (tertiary alicyclic amines) is 1. The van der Waals surface area contributed by atoms with Gasteiger partial charge in [0.1, 0.15) is 11.6 Å². The van der Waals surface area contributed by atoms with Crippen LogP contribution in [0.4, 0.5) is 15.9 Å². The van der Waals surface area contributed by atoms with E-state index in [4.69, 9.17) is 11.6 Å². The monoisotopic (exact) mass is 454 g/mol. The fourth-order valence-electron chi connectivity index (χ4n) is 3.40. The Morgan fingerprint density at radius 2 is 1.87 bits per heavy atom. The Morgan fingerprint density at radius 3 is 2.47 bits per heavy atom. The number of carbonyl (C=O) groups is 2. The van der Waals surface area contributed by atoms with Crippen molar-refractivity contribution in [3.05, 3.63) is 52.9 Å². The van der Waals surface area contributed by atoms with Gasteiger partial charge >= 0.3 is 0 Å². The van der Waals surface area contributed by atoms with E-state index in [1.807, 2.05) is 0 Å². The summed E-state index contributed by atoms with van der Waals surface area (Å²) in [4.78, 5) is 31.7. The molecule has 30 heavy (non-hydrogen) atoms. The third kappa shape index (κ3) is 5.90. The van der Waals surface area contributed by atoms with Gasteiger partial charge in [-0.1, -0.05) is 17.7 Å². The molecule has 162 valence electrons. The van der Waals surface area contributed by atoms with Crippen LogP contribution in [0.5, 0.6) is 0 Å². The molecule has 1 aliphatic heterocycles. The second-order valence-electron chi connectivity index (χ2n) is 7.37. The van der Waals surface area contributed by atoms with Crippen molar-refractivity contribution in [1.82, 2.24) is 9.88 Å². The van der Waals surface area contributed by atoms with Crippen molar-refractivity contribution in [2.75, 3.05) is 23.7 Å². The van der Waals surface area contributed by atoms with E-state index >= 15 is 0 Å². The second kappa shape index (κ2) is 10.7. The predicted molar refractivity (Wildman–Crippen MR) is 119 cm³/mol. The van der Waals surface area contributed by atoms with Crippen molar-refractivity contribution in [1.29, 1.82) is 0 Å². The molecule has 2 aromatic rings. The predicted octanol–water partition coefficient (Wildman–Crippen LogP) is 4.61. The summed E-state index contributed by atoms with van der Waals surface area (Å²) in [5, 5.41) is 5.69. The molecule has 1 fully saturated rings. The average molecular weight is 455 g/mol. The van der Waals surface area contributed by atoms with E-state index in [0.29, 0.717) is 11.1 Å². The van der Waals surface area contributed by atoms with Crippen LogP contribution >= 0.6 is 24.0 Å². The van der Waals surface area contributed by atoms with E-state index < -0.39 is 11.7 Å². The Balaban J connectivity index is 0.00000320. The van der Waals surface area contributed by atoms with Crippen molar-refractivity contribution in [3.8, 4) is 0 Å². The van der Waals surface area contributed by atoms with Gasteiger partial charge in [0.25, 0.3) is 5.91 Å². The Morgan fingerprint density at radius 1 is 1.17 bits per heavy atom. The van der Waals surface area contributed by atoms with Crippen molar-refractivity contribution in [2.45, 2.75) is 32.7 Å². The molecule has 0 bridgehead atoms. The summed E-state index contributed by atoms with van der Waals surface area (Å²) in [5.41, 5.74) is -0.0787. The minimum absolute atomic E-state index is 0. The van der Waals surface area contributed by atoms with Crippen molar-refractivity contribution in [2.24, 2.45) is 5.92 Å².